The van der Waals surface area contributed by atoms with Gasteiger partial charge in [-0.25, -0.2) is 0 Å². The van der Waals surface area contributed by atoms with E-state index >= 15 is 0 Å². The first-order chi connectivity index (χ1) is 11.1. The Bertz CT molecular complexity index is 560. The molecule has 2 rings (SSSR count). The molecule has 0 atom stereocenters. The molecule has 124 valence electrons. The molecule has 23 heavy (non-hydrogen) atoms. The lowest BCUT2D eigenvalue weighted by atomic mass is 9.78. The largest absolute Gasteiger partial charge is 0.489 e. The Hall–Kier alpha value is -2.29. The fourth-order valence-electron chi connectivity index (χ4n) is 2.35. The Morgan fingerprint density at radius 1 is 1.00 bits per heavy atom. The van der Waals surface area contributed by atoms with E-state index in [4.69, 9.17) is 9.53 Å². The van der Waals surface area contributed by atoms with Crippen molar-refractivity contribution in [2.45, 2.75) is 45.6 Å². The van der Waals surface area contributed by atoms with Gasteiger partial charge in [0.1, 0.15) is 12.4 Å². The van der Waals surface area contributed by atoms with Crippen LogP contribution in [0.3, 0.4) is 0 Å². The molecule has 0 radical (unpaired) electrons. The summed E-state index contributed by atoms with van der Waals surface area (Å²) in [4.78, 5) is 8.58. The number of ether oxygens (including phenoxy) is 1. The van der Waals surface area contributed by atoms with E-state index in [-0.39, 0.29) is 11.8 Å². The van der Waals surface area contributed by atoms with Crippen molar-refractivity contribution in [2.24, 2.45) is 5.73 Å². The van der Waals surface area contributed by atoms with E-state index in [0.717, 1.165) is 18.6 Å². The van der Waals surface area contributed by atoms with Gasteiger partial charge in [0.05, 0.1) is 0 Å². The highest BCUT2D eigenvalue weighted by Gasteiger charge is 2.21. The van der Waals surface area contributed by atoms with Crippen LogP contribution in [0.4, 0.5) is 0 Å². The molecular weight excluding hydrogens is 286 g/mol. The van der Waals surface area contributed by atoms with Crippen molar-refractivity contribution >= 4 is 6.41 Å². The summed E-state index contributed by atoms with van der Waals surface area (Å²) in [5.74, 6) is 0.937. The Balaban J connectivity index is 0.000000816. The molecule has 2 aromatic rings. The van der Waals surface area contributed by atoms with Crippen molar-refractivity contribution < 1.29 is 9.53 Å². The maximum atomic E-state index is 8.58. The van der Waals surface area contributed by atoms with Crippen molar-refractivity contribution in [2.75, 3.05) is 0 Å². The van der Waals surface area contributed by atoms with E-state index in [9.17, 15) is 0 Å². The molecule has 0 aromatic heterocycles. The van der Waals surface area contributed by atoms with Crippen LogP contribution in [0.2, 0.25) is 0 Å². The maximum absolute atomic E-state index is 8.58. The van der Waals surface area contributed by atoms with Crippen molar-refractivity contribution in [3.05, 3.63) is 65.7 Å². The SMILES string of the molecule is CCC(C)(CC)c1ccc(OCc2ccccc2)cc1.NC=O. The molecule has 0 aliphatic rings. The highest BCUT2D eigenvalue weighted by molar-refractivity contribution is 5.42. The van der Waals surface area contributed by atoms with Gasteiger partial charge in [-0.15, -0.1) is 0 Å². The van der Waals surface area contributed by atoms with Crippen molar-refractivity contribution in [3.8, 4) is 5.75 Å². The van der Waals surface area contributed by atoms with Crippen molar-refractivity contribution in [3.63, 3.8) is 0 Å². The number of hydrogen-bond donors (Lipinski definition) is 1. The van der Waals surface area contributed by atoms with Crippen LogP contribution in [0.1, 0.15) is 44.7 Å². The van der Waals surface area contributed by atoms with Gasteiger partial charge in [0, 0.05) is 0 Å². The number of carbonyl (C=O) groups is 1. The molecule has 0 unspecified atom stereocenters. The lowest BCUT2D eigenvalue weighted by molar-refractivity contribution is -0.106. The quantitative estimate of drug-likeness (QED) is 0.801. The van der Waals surface area contributed by atoms with E-state index < -0.39 is 0 Å². The van der Waals surface area contributed by atoms with Gasteiger partial charge in [0.25, 0.3) is 0 Å². The van der Waals surface area contributed by atoms with E-state index in [1.54, 1.807) is 0 Å². The predicted octanol–water partition coefficient (Wildman–Crippen LogP) is 4.44. The van der Waals surface area contributed by atoms with Crippen LogP contribution in [-0.2, 0) is 16.8 Å². The van der Waals surface area contributed by atoms with Crippen LogP contribution in [0.15, 0.2) is 54.6 Å². The van der Waals surface area contributed by atoms with Crippen LogP contribution in [0.25, 0.3) is 0 Å². The molecule has 0 aliphatic carbocycles. The van der Waals surface area contributed by atoms with Gasteiger partial charge < -0.3 is 10.5 Å². The fourth-order valence-corrected chi connectivity index (χ4v) is 2.35. The van der Waals surface area contributed by atoms with Gasteiger partial charge >= 0.3 is 0 Å². The maximum Gasteiger partial charge on any atom is 0.204 e. The molecule has 0 spiro atoms. The van der Waals surface area contributed by atoms with Gasteiger partial charge in [-0.1, -0.05) is 63.2 Å². The summed E-state index contributed by atoms with van der Waals surface area (Å²) < 4.78 is 5.83. The first kappa shape index (κ1) is 18.8. The minimum Gasteiger partial charge on any atom is -0.489 e. The zero-order valence-electron chi connectivity index (χ0n) is 14.3. The topological polar surface area (TPSA) is 52.3 Å². The summed E-state index contributed by atoms with van der Waals surface area (Å²) in [6.45, 7) is 7.46. The Morgan fingerprint density at radius 3 is 2.00 bits per heavy atom. The van der Waals surface area contributed by atoms with Crippen LogP contribution in [-0.4, -0.2) is 6.41 Å². The number of hydrogen-bond acceptors (Lipinski definition) is 2. The third kappa shape index (κ3) is 5.78. The lowest BCUT2D eigenvalue weighted by Crippen LogP contribution is -2.19. The first-order valence-electron chi connectivity index (χ1n) is 8.02. The van der Waals surface area contributed by atoms with Gasteiger partial charge in [0.15, 0.2) is 0 Å². The van der Waals surface area contributed by atoms with Gasteiger partial charge in [-0.05, 0) is 41.5 Å². The molecule has 0 bridgehead atoms. The van der Waals surface area contributed by atoms with E-state index in [0.29, 0.717) is 6.61 Å². The first-order valence-corrected chi connectivity index (χ1v) is 8.02. The number of rotatable bonds is 6. The normalized spacial score (nSPS) is 10.4. The summed E-state index contributed by atoms with van der Waals surface area (Å²) in [6.07, 6.45) is 2.57. The summed E-state index contributed by atoms with van der Waals surface area (Å²) in [6, 6.07) is 18.8. The third-order valence-electron chi connectivity index (χ3n) is 4.36. The van der Waals surface area contributed by atoms with Crippen molar-refractivity contribution in [1.82, 2.24) is 0 Å². The van der Waals surface area contributed by atoms with E-state index in [2.05, 4.69) is 62.9 Å². The standard InChI is InChI=1S/C19H24O.CH3NO/c1-4-19(3,5-2)17-11-13-18(14-12-17)20-15-16-9-7-6-8-10-16;2-1-3/h6-14H,4-5,15H2,1-3H3;1H,(H2,2,3). The van der Waals surface area contributed by atoms with Gasteiger partial charge in [-0.3, -0.25) is 4.79 Å². The summed E-state index contributed by atoms with van der Waals surface area (Å²) in [5.41, 5.74) is 7.04. The fraction of sp³-hybridized carbons (Fsp3) is 0.350. The highest BCUT2D eigenvalue weighted by atomic mass is 16.5. The average molecular weight is 313 g/mol. The lowest BCUT2D eigenvalue weighted by Gasteiger charge is -2.27. The Morgan fingerprint density at radius 2 is 1.52 bits per heavy atom. The zero-order chi connectivity index (χ0) is 17.1. The molecule has 0 aliphatic heterocycles. The number of nitrogens with two attached hydrogens (primary N) is 1. The molecule has 2 aromatic carbocycles. The minimum atomic E-state index is 0.250. The molecule has 0 fully saturated rings. The van der Waals surface area contributed by atoms with E-state index in [1.807, 2.05) is 18.2 Å². The Kier molecular flexibility index (Phi) is 7.89. The summed E-state index contributed by atoms with van der Waals surface area (Å²) >= 11 is 0. The van der Waals surface area contributed by atoms with E-state index in [1.165, 1.54) is 11.1 Å². The predicted molar refractivity (Wildman–Crippen MR) is 95.4 cm³/mol. The smallest absolute Gasteiger partial charge is 0.204 e. The van der Waals surface area contributed by atoms with Crippen LogP contribution < -0.4 is 10.5 Å². The molecule has 0 saturated heterocycles. The second-order valence-corrected chi connectivity index (χ2v) is 5.70. The summed E-state index contributed by atoms with van der Waals surface area (Å²) in [7, 11) is 0. The molecular formula is C20H27NO2. The van der Waals surface area contributed by atoms with Crippen LogP contribution in [0, 0.1) is 0 Å². The molecule has 2 N–H and O–H groups in total. The molecule has 3 nitrogen and oxygen atoms in total. The third-order valence-corrected chi connectivity index (χ3v) is 4.36. The van der Waals surface area contributed by atoms with Crippen LogP contribution >= 0.6 is 0 Å². The molecule has 0 heterocycles. The number of primary amides is 1. The zero-order valence-corrected chi connectivity index (χ0v) is 14.3. The summed E-state index contributed by atoms with van der Waals surface area (Å²) in [5, 5.41) is 0. The minimum absolute atomic E-state index is 0.250. The monoisotopic (exact) mass is 313 g/mol. The second kappa shape index (κ2) is 9.67. The second-order valence-electron chi connectivity index (χ2n) is 5.70. The molecule has 1 amide bonds. The molecule has 3 heteroatoms. The van der Waals surface area contributed by atoms with Gasteiger partial charge in [-0.2, -0.15) is 0 Å². The number of amides is 1. The highest BCUT2D eigenvalue weighted by Crippen LogP contribution is 2.31. The number of benzene rings is 2. The van der Waals surface area contributed by atoms with Gasteiger partial charge in [0.2, 0.25) is 6.41 Å². The Labute approximate surface area is 139 Å². The number of carbonyl (C=O) groups excluding carboxylic acids is 1. The van der Waals surface area contributed by atoms with Crippen molar-refractivity contribution in [1.29, 1.82) is 0 Å². The van der Waals surface area contributed by atoms with Crippen LogP contribution in [0.5, 0.6) is 5.75 Å². The average Bonchev–Trinajstić information content (AvgIpc) is 2.61. The molecule has 0 saturated carbocycles.